The molecule has 5 rings (SSSR count). The van der Waals surface area contributed by atoms with Crippen LogP contribution in [0.15, 0.2) is 47.4 Å². The minimum atomic E-state index is -0.396. The molecule has 1 amide bonds. The highest BCUT2D eigenvalue weighted by molar-refractivity contribution is 8.00. The van der Waals surface area contributed by atoms with E-state index in [1.807, 2.05) is 17.8 Å². The third-order valence-electron chi connectivity index (χ3n) is 6.39. The molecule has 0 bridgehead atoms. The number of carbonyl (C=O) groups excluding carboxylic acids is 1. The van der Waals surface area contributed by atoms with Gasteiger partial charge in [-0.3, -0.25) is 9.59 Å². The lowest BCUT2D eigenvalue weighted by Crippen LogP contribution is -2.42. The van der Waals surface area contributed by atoms with Crippen LogP contribution in [0.3, 0.4) is 0 Å². The monoisotopic (exact) mass is 459 g/mol. The maximum atomic E-state index is 13.3. The number of rotatable bonds is 7. The van der Waals surface area contributed by atoms with Crippen LogP contribution in [0.5, 0.6) is 0 Å². The van der Waals surface area contributed by atoms with Gasteiger partial charge in [0.05, 0.1) is 17.1 Å². The summed E-state index contributed by atoms with van der Waals surface area (Å²) in [4.78, 5) is 33.1. The molecule has 7 nitrogen and oxygen atoms in total. The first-order chi connectivity index (χ1) is 16.0. The molecule has 33 heavy (non-hydrogen) atoms. The van der Waals surface area contributed by atoms with Gasteiger partial charge in [-0.1, -0.05) is 19.1 Å². The Morgan fingerprint density at radius 2 is 2.03 bits per heavy atom. The first kappa shape index (κ1) is 21.5. The topological polar surface area (TPSA) is 91.0 Å². The zero-order chi connectivity index (χ0) is 23.0. The van der Waals surface area contributed by atoms with Crippen molar-refractivity contribution in [3.8, 4) is 6.07 Å². The summed E-state index contributed by atoms with van der Waals surface area (Å²) in [5, 5.41) is 12.6. The summed E-state index contributed by atoms with van der Waals surface area (Å²) in [5.74, 6) is 1.54. The molecule has 0 unspecified atom stereocenters. The summed E-state index contributed by atoms with van der Waals surface area (Å²) in [6, 6.07) is 12.6. The first-order valence-corrected chi connectivity index (χ1v) is 12.2. The van der Waals surface area contributed by atoms with Gasteiger partial charge in [0.25, 0.3) is 11.5 Å². The lowest BCUT2D eigenvalue weighted by molar-refractivity contribution is 0.0949. The molecule has 1 N–H and O–H groups in total. The third-order valence-corrected chi connectivity index (χ3v) is 7.83. The standard InChI is InChI=1S/C25H25N5O2S/c1-2-33-25(8-9-25)16-29-11-12-30-21-19(7-10-27-22(21)29)13-20(24(30)32)23(31)28-15-18-5-3-17(14-26)4-6-18/h3-7,10,13H,2,8-9,11-12,15-16H2,1H3,(H,28,31). The number of benzene rings is 1. The van der Waals surface area contributed by atoms with E-state index in [2.05, 4.69) is 28.2 Å². The van der Waals surface area contributed by atoms with Crippen molar-refractivity contribution in [2.45, 2.75) is 37.6 Å². The molecule has 1 aliphatic heterocycles. The summed E-state index contributed by atoms with van der Waals surface area (Å²) < 4.78 is 2.02. The van der Waals surface area contributed by atoms with E-state index >= 15 is 0 Å². The molecule has 0 saturated heterocycles. The van der Waals surface area contributed by atoms with E-state index in [4.69, 9.17) is 5.26 Å². The van der Waals surface area contributed by atoms with Gasteiger partial charge in [-0.25, -0.2) is 4.98 Å². The number of nitrogens with one attached hydrogen (secondary N) is 1. The van der Waals surface area contributed by atoms with Crippen LogP contribution in [0, 0.1) is 11.3 Å². The fraction of sp³-hybridized carbons (Fsp3) is 0.360. The second-order valence-corrected chi connectivity index (χ2v) is 10.3. The van der Waals surface area contributed by atoms with Gasteiger partial charge in [0.2, 0.25) is 0 Å². The van der Waals surface area contributed by atoms with E-state index in [1.165, 1.54) is 12.8 Å². The van der Waals surface area contributed by atoms with E-state index in [9.17, 15) is 9.59 Å². The largest absolute Gasteiger partial charge is 0.352 e. The zero-order valence-corrected chi connectivity index (χ0v) is 19.3. The molecule has 1 aliphatic carbocycles. The molecular formula is C25H25N5O2S. The van der Waals surface area contributed by atoms with Crippen molar-refractivity contribution in [1.82, 2.24) is 14.9 Å². The smallest absolute Gasteiger partial charge is 0.264 e. The zero-order valence-electron chi connectivity index (χ0n) is 18.5. The van der Waals surface area contributed by atoms with Crippen LogP contribution in [-0.4, -0.2) is 39.0 Å². The Morgan fingerprint density at radius 3 is 2.73 bits per heavy atom. The van der Waals surface area contributed by atoms with Crippen molar-refractivity contribution in [1.29, 1.82) is 5.26 Å². The Kier molecular flexibility index (Phi) is 5.59. The number of hydrogen-bond donors (Lipinski definition) is 1. The number of carbonyl (C=O) groups is 1. The van der Waals surface area contributed by atoms with Gasteiger partial charge < -0.3 is 14.8 Å². The van der Waals surface area contributed by atoms with Crippen LogP contribution >= 0.6 is 11.8 Å². The molecule has 2 aliphatic rings. The predicted molar refractivity (Wildman–Crippen MR) is 131 cm³/mol. The highest BCUT2D eigenvalue weighted by Gasteiger charge is 2.45. The van der Waals surface area contributed by atoms with E-state index in [1.54, 1.807) is 41.1 Å². The summed E-state index contributed by atoms with van der Waals surface area (Å²) in [6.07, 6.45) is 4.21. The van der Waals surface area contributed by atoms with E-state index in [-0.39, 0.29) is 17.7 Å². The van der Waals surface area contributed by atoms with Crippen LogP contribution < -0.4 is 15.8 Å². The van der Waals surface area contributed by atoms with Crippen molar-refractivity contribution in [2.24, 2.45) is 0 Å². The minimum Gasteiger partial charge on any atom is -0.352 e. The molecule has 0 atom stereocenters. The van der Waals surface area contributed by atoms with Crippen molar-refractivity contribution >= 4 is 34.4 Å². The molecule has 2 aromatic heterocycles. The summed E-state index contributed by atoms with van der Waals surface area (Å²) in [6.45, 7) is 4.68. The SMILES string of the molecule is CCSC1(CN2CCn3c(=O)c(C(=O)NCc4ccc(C#N)cc4)cc4ccnc2c43)CC1. The highest BCUT2D eigenvalue weighted by Crippen LogP contribution is 2.49. The number of nitrogens with zero attached hydrogens (tertiary/aromatic N) is 4. The van der Waals surface area contributed by atoms with Gasteiger partial charge >= 0.3 is 0 Å². The Bertz CT molecular complexity index is 1320. The van der Waals surface area contributed by atoms with Crippen LogP contribution in [0.4, 0.5) is 5.82 Å². The number of aromatic nitrogens is 2. The second kappa shape index (κ2) is 8.56. The average molecular weight is 460 g/mol. The predicted octanol–water partition coefficient (Wildman–Crippen LogP) is 3.30. The Morgan fingerprint density at radius 1 is 1.24 bits per heavy atom. The fourth-order valence-electron chi connectivity index (χ4n) is 4.52. The minimum absolute atomic E-state index is 0.141. The fourth-order valence-corrected chi connectivity index (χ4v) is 5.77. The van der Waals surface area contributed by atoms with Gasteiger partial charge in [0.1, 0.15) is 5.56 Å². The van der Waals surface area contributed by atoms with Crippen molar-refractivity contribution < 1.29 is 4.79 Å². The molecule has 0 spiro atoms. The molecule has 1 fully saturated rings. The summed E-state index contributed by atoms with van der Waals surface area (Å²) in [7, 11) is 0. The van der Waals surface area contributed by atoms with Gasteiger partial charge in [0.15, 0.2) is 5.82 Å². The van der Waals surface area contributed by atoms with Crippen molar-refractivity contribution in [3.05, 3.63) is 69.6 Å². The first-order valence-electron chi connectivity index (χ1n) is 11.2. The number of thioether (sulfide) groups is 1. The van der Waals surface area contributed by atoms with E-state index in [0.29, 0.717) is 23.4 Å². The van der Waals surface area contributed by atoms with Crippen LogP contribution in [0.2, 0.25) is 0 Å². The number of hydrogen-bond acceptors (Lipinski definition) is 6. The summed E-state index contributed by atoms with van der Waals surface area (Å²) >= 11 is 2.02. The van der Waals surface area contributed by atoms with E-state index < -0.39 is 5.91 Å². The molecule has 0 radical (unpaired) electrons. The molecule has 3 aromatic rings. The van der Waals surface area contributed by atoms with Gasteiger partial charge in [-0.2, -0.15) is 17.0 Å². The van der Waals surface area contributed by atoms with Crippen molar-refractivity contribution in [2.75, 3.05) is 23.7 Å². The van der Waals surface area contributed by atoms with Gasteiger partial charge in [0, 0.05) is 42.5 Å². The van der Waals surface area contributed by atoms with E-state index in [0.717, 1.165) is 34.6 Å². The quantitative estimate of drug-likeness (QED) is 0.583. The molecule has 1 saturated carbocycles. The van der Waals surface area contributed by atoms with Gasteiger partial charge in [-0.05, 0) is 48.4 Å². The second-order valence-electron chi connectivity index (χ2n) is 8.62. The molecule has 1 aromatic carbocycles. The summed E-state index contributed by atoms with van der Waals surface area (Å²) in [5.41, 5.74) is 2.11. The number of anilines is 1. The Hall–Kier alpha value is -3.31. The highest BCUT2D eigenvalue weighted by atomic mass is 32.2. The Balaban J connectivity index is 1.42. The third kappa shape index (κ3) is 4.09. The lowest BCUT2D eigenvalue weighted by Gasteiger charge is -2.33. The van der Waals surface area contributed by atoms with Crippen LogP contribution in [-0.2, 0) is 13.1 Å². The normalized spacial score (nSPS) is 15.8. The maximum absolute atomic E-state index is 13.3. The molecule has 168 valence electrons. The Labute approximate surface area is 196 Å². The van der Waals surface area contributed by atoms with Crippen molar-refractivity contribution in [3.63, 3.8) is 0 Å². The maximum Gasteiger partial charge on any atom is 0.264 e. The van der Waals surface area contributed by atoms with Crippen LogP contribution in [0.1, 0.15) is 41.3 Å². The van der Waals surface area contributed by atoms with Crippen LogP contribution in [0.25, 0.3) is 10.9 Å². The lowest BCUT2D eigenvalue weighted by atomic mass is 10.1. The number of pyridine rings is 2. The molecule has 3 heterocycles. The number of amides is 1. The number of nitriles is 1. The molecular weight excluding hydrogens is 434 g/mol. The molecule has 8 heteroatoms. The average Bonchev–Trinajstić information content (AvgIpc) is 3.60. The van der Waals surface area contributed by atoms with Gasteiger partial charge in [-0.15, -0.1) is 0 Å².